The molecule has 0 rings (SSSR count). The summed E-state index contributed by atoms with van der Waals surface area (Å²) in [6.45, 7) is 5.37. The molecule has 0 aliphatic carbocycles. The minimum absolute atomic E-state index is 0.0347. The van der Waals surface area contributed by atoms with Gasteiger partial charge in [-0.15, -0.1) is 11.6 Å². The molecule has 0 aromatic rings. The highest BCUT2D eigenvalue weighted by molar-refractivity contribution is 6.50. The van der Waals surface area contributed by atoms with Crippen molar-refractivity contribution < 1.29 is 9.47 Å². The van der Waals surface area contributed by atoms with Gasteiger partial charge in [0.05, 0.1) is 0 Å². The van der Waals surface area contributed by atoms with E-state index in [1.165, 1.54) is 0 Å². The minimum Gasteiger partial charge on any atom is -0.357 e. The Bertz CT molecular complexity index is 58.5. The van der Waals surface area contributed by atoms with Crippen molar-refractivity contribution in [3.63, 3.8) is 0 Å². The van der Waals surface area contributed by atoms with Gasteiger partial charge in [-0.1, -0.05) is 0 Å². The molecule has 0 aliphatic rings. The Balaban J connectivity index is 3.30. The zero-order valence-corrected chi connectivity index (χ0v) is 8.77. The molecule has 0 saturated carbocycles. The maximum atomic E-state index is 5.57. The summed E-state index contributed by atoms with van der Waals surface area (Å²) in [5, 5.41) is 0. The summed E-state index contributed by atoms with van der Waals surface area (Å²) in [5.74, 6) is 0.0347. The molecule has 0 unspecified atom stereocenters. The lowest BCUT2D eigenvalue weighted by Crippen LogP contribution is -2.25. The summed E-state index contributed by atoms with van der Waals surface area (Å²) in [6, 6.07) is 0. The van der Waals surface area contributed by atoms with Crippen LogP contribution in [0.3, 0.4) is 0 Å². The molecule has 0 aromatic carbocycles. The highest BCUT2D eigenvalue weighted by Gasteiger charge is 2.05. The Morgan fingerprint density at radius 3 is 2.10 bits per heavy atom. The van der Waals surface area contributed by atoms with Gasteiger partial charge in [0.15, 0.2) is 0 Å². The van der Waals surface area contributed by atoms with Crippen LogP contribution in [-0.2, 0) is 9.47 Å². The number of hydrogen-bond donors (Lipinski definition) is 0. The predicted molar refractivity (Wildman–Crippen MR) is 46.3 cm³/mol. The van der Waals surface area contributed by atoms with E-state index in [4.69, 9.17) is 21.1 Å². The van der Waals surface area contributed by atoms with Crippen LogP contribution < -0.4 is 0 Å². The quantitative estimate of drug-likeness (QED) is 0.342. The van der Waals surface area contributed by atoms with Crippen LogP contribution in [-0.4, -0.2) is 34.1 Å². The third-order valence-electron chi connectivity index (χ3n) is 1.05. The van der Waals surface area contributed by atoms with Gasteiger partial charge in [0.2, 0.25) is 0 Å². The summed E-state index contributed by atoms with van der Waals surface area (Å²) in [6.07, 6.45) is 0. The predicted octanol–water partition coefficient (Wildman–Crippen LogP) is 0.708. The molecular formula is C6H15ClO2Si. The third kappa shape index (κ3) is 5.23. The van der Waals surface area contributed by atoms with Gasteiger partial charge in [0, 0.05) is 18.7 Å². The highest BCUT2D eigenvalue weighted by Crippen LogP contribution is 1.93. The van der Waals surface area contributed by atoms with E-state index in [9.17, 15) is 0 Å². The lowest BCUT2D eigenvalue weighted by Gasteiger charge is -2.14. The van der Waals surface area contributed by atoms with Crippen LogP contribution in [0.2, 0.25) is 0 Å². The van der Waals surface area contributed by atoms with Crippen molar-refractivity contribution in [1.29, 1.82) is 0 Å². The van der Waals surface area contributed by atoms with E-state index in [2.05, 4.69) is 0 Å². The minimum atomic E-state index is -0.365. The van der Waals surface area contributed by atoms with Crippen LogP contribution in [0.4, 0.5) is 0 Å². The molecule has 0 radical (unpaired) electrons. The molecule has 0 atom stereocenters. The molecule has 62 valence electrons. The summed E-state index contributed by atoms with van der Waals surface area (Å²) >= 11 is 5.57. The Labute approximate surface area is 69.7 Å². The number of ether oxygens (including phenoxy) is 2. The van der Waals surface area contributed by atoms with Gasteiger partial charge in [0.25, 0.3) is 0 Å². The van der Waals surface area contributed by atoms with Gasteiger partial charge in [-0.3, -0.25) is 0 Å². The molecule has 0 amide bonds. The van der Waals surface area contributed by atoms with E-state index < -0.39 is 0 Å². The fourth-order valence-electron chi connectivity index (χ4n) is 0.676. The molecule has 0 spiro atoms. The van der Waals surface area contributed by atoms with Gasteiger partial charge in [-0.25, -0.2) is 0 Å². The molecule has 2 nitrogen and oxygen atoms in total. The monoisotopic (exact) mass is 182 g/mol. The Kier molecular flexibility index (Phi) is 7.85. The fourth-order valence-corrected chi connectivity index (χ4v) is 2.19. The van der Waals surface area contributed by atoms with Crippen molar-refractivity contribution in [2.45, 2.75) is 19.8 Å². The maximum Gasteiger partial charge on any atom is 0.136 e. The first-order valence-corrected chi connectivity index (χ1v) is 5.99. The Morgan fingerprint density at radius 2 is 1.80 bits per heavy atom. The topological polar surface area (TPSA) is 18.5 Å². The second-order valence-electron chi connectivity index (χ2n) is 1.82. The van der Waals surface area contributed by atoms with E-state index in [-0.39, 0.29) is 15.4 Å². The molecular weight excluding hydrogens is 168 g/mol. The van der Waals surface area contributed by atoms with E-state index >= 15 is 0 Å². The first-order chi connectivity index (χ1) is 4.85. The second-order valence-corrected chi connectivity index (χ2v) is 4.57. The van der Waals surface area contributed by atoms with E-state index in [1.54, 1.807) is 0 Å². The summed E-state index contributed by atoms with van der Waals surface area (Å²) in [4.78, 5) is 0. The summed E-state index contributed by atoms with van der Waals surface area (Å²) in [7, 11) is -0.365. The van der Waals surface area contributed by atoms with Gasteiger partial charge in [0.1, 0.15) is 15.4 Å². The normalized spacial score (nSPS) is 12.0. The molecule has 0 saturated heterocycles. The van der Waals surface area contributed by atoms with Crippen molar-refractivity contribution in [3.8, 4) is 0 Å². The molecule has 0 bridgehead atoms. The van der Waals surface area contributed by atoms with Crippen LogP contribution in [0.5, 0.6) is 0 Å². The Hall–Kier alpha value is 0.427. The molecule has 10 heavy (non-hydrogen) atoms. The van der Waals surface area contributed by atoms with Crippen molar-refractivity contribution in [1.82, 2.24) is 0 Å². The molecule has 4 heteroatoms. The van der Waals surface area contributed by atoms with Gasteiger partial charge < -0.3 is 9.47 Å². The summed E-state index contributed by atoms with van der Waals surface area (Å²) in [5.41, 5.74) is 0.727. The largest absolute Gasteiger partial charge is 0.357 e. The molecule has 0 N–H and O–H groups in total. The van der Waals surface area contributed by atoms with Crippen LogP contribution in [0.1, 0.15) is 13.8 Å². The van der Waals surface area contributed by atoms with E-state index in [0.717, 1.165) is 5.50 Å². The highest BCUT2D eigenvalue weighted by atomic mass is 35.5. The first kappa shape index (κ1) is 10.4. The zero-order chi connectivity index (χ0) is 7.82. The van der Waals surface area contributed by atoms with Crippen molar-refractivity contribution in [2.24, 2.45) is 0 Å². The maximum absolute atomic E-state index is 5.57. The molecule has 0 heterocycles. The SMILES string of the molecule is CCOC(OCC)[SiH2]CCl. The second kappa shape index (κ2) is 7.53. The smallest absolute Gasteiger partial charge is 0.136 e. The van der Waals surface area contributed by atoms with Crippen LogP contribution in [0.25, 0.3) is 0 Å². The average molecular weight is 183 g/mol. The Morgan fingerprint density at radius 1 is 1.30 bits per heavy atom. The molecule has 0 fully saturated rings. The first-order valence-electron chi connectivity index (χ1n) is 3.64. The lowest BCUT2D eigenvalue weighted by molar-refractivity contribution is -0.0824. The van der Waals surface area contributed by atoms with E-state index in [1.807, 2.05) is 13.8 Å². The standard InChI is InChI=1S/C6H15ClO2Si/c1-3-8-6(9-4-2)10-5-7/h6H,3-5,10H2,1-2H3. The number of alkyl halides is 1. The van der Waals surface area contributed by atoms with Gasteiger partial charge >= 0.3 is 0 Å². The number of halogens is 1. The molecule has 0 aromatic heterocycles. The van der Waals surface area contributed by atoms with Crippen molar-refractivity contribution in [2.75, 3.05) is 18.7 Å². The van der Waals surface area contributed by atoms with Crippen molar-refractivity contribution >= 4 is 21.1 Å². The number of rotatable bonds is 6. The third-order valence-corrected chi connectivity index (χ3v) is 2.87. The zero-order valence-electron chi connectivity index (χ0n) is 6.60. The molecule has 0 aliphatic heterocycles. The van der Waals surface area contributed by atoms with Crippen LogP contribution >= 0.6 is 11.6 Å². The lowest BCUT2D eigenvalue weighted by atomic mass is 10.9. The number of hydrogen-bond acceptors (Lipinski definition) is 2. The van der Waals surface area contributed by atoms with Crippen LogP contribution in [0.15, 0.2) is 0 Å². The average Bonchev–Trinajstić information content (AvgIpc) is 1.90. The fraction of sp³-hybridized carbons (Fsp3) is 1.00. The van der Waals surface area contributed by atoms with Crippen LogP contribution in [0, 0.1) is 0 Å². The van der Waals surface area contributed by atoms with E-state index in [0.29, 0.717) is 13.2 Å². The summed E-state index contributed by atoms with van der Waals surface area (Å²) < 4.78 is 10.6. The van der Waals surface area contributed by atoms with Crippen molar-refractivity contribution in [3.05, 3.63) is 0 Å². The van der Waals surface area contributed by atoms with Gasteiger partial charge in [-0.2, -0.15) is 0 Å². The van der Waals surface area contributed by atoms with Gasteiger partial charge in [-0.05, 0) is 13.8 Å².